The summed E-state index contributed by atoms with van der Waals surface area (Å²) in [5.41, 5.74) is 5.35. The third-order valence-electron chi connectivity index (χ3n) is 1.90. The fourth-order valence-corrected chi connectivity index (χ4v) is 2.24. The molecule has 1 rings (SSSR count). The Morgan fingerprint density at radius 1 is 1.60 bits per heavy atom. The molecule has 0 aromatic carbocycles. The summed E-state index contributed by atoms with van der Waals surface area (Å²) in [4.78, 5) is 1.17. The minimum Gasteiger partial charge on any atom is -0.329 e. The van der Waals surface area contributed by atoms with E-state index < -0.39 is 15.3 Å². The van der Waals surface area contributed by atoms with Gasteiger partial charge in [0.25, 0.3) is 5.95 Å². The number of hydrogen-bond donors (Lipinski definition) is 2. The maximum Gasteiger partial charge on any atom is 0.276 e. The second kappa shape index (κ2) is 4.53. The van der Waals surface area contributed by atoms with E-state index in [2.05, 4.69) is 20.1 Å². The lowest BCUT2D eigenvalue weighted by Crippen LogP contribution is -2.34. The summed E-state index contributed by atoms with van der Waals surface area (Å²) in [5.74, 6) is -0.0376. The molecule has 0 fully saturated rings. The Morgan fingerprint density at radius 2 is 2.27 bits per heavy atom. The lowest BCUT2D eigenvalue weighted by atomic mass is 10.3. The average Bonchev–Trinajstić information content (AvgIpc) is 2.51. The highest BCUT2D eigenvalue weighted by Gasteiger charge is 2.23. The summed E-state index contributed by atoms with van der Waals surface area (Å²) in [6, 6.07) is 0. The van der Waals surface area contributed by atoms with Crippen molar-refractivity contribution in [3.63, 3.8) is 0 Å². The summed E-state index contributed by atoms with van der Waals surface area (Å²) in [6.45, 7) is 1.81. The Labute approximate surface area is 87.9 Å². The molecule has 9 heteroatoms. The van der Waals surface area contributed by atoms with Crippen molar-refractivity contribution in [1.29, 1.82) is 0 Å². The predicted molar refractivity (Wildman–Crippen MR) is 54.5 cm³/mol. The van der Waals surface area contributed by atoms with Gasteiger partial charge in [0, 0.05) is 6.54 Å². The van der Waals surface area contributed by atoms with Crippen LogP contribution in [-0.2, 0) is 17.1 Å². The topological polar surface area (TPSA) is 116 Å². The van der Waals surface area contributed by atoms with Crippen molar-refractivity contribution in [3.8, 4) is 0 Å². The number of sulfonamides is 1. The van der Waals surface area contributed by atoms with E-state index in [4.69, 9.17) is 5.73 Å². The van der Waals surface area contributed by atoms with Crippen molar-refractivity contribution in [2.75, 3.05) is 11.3 Å². The highest BCUT2D eigenvalue weighted by molar-refractivity contribution is 7.93. The Kier molecular flexibility index (Phi) is 3.58. The Hall–Kier alpha value is -1.22. The molecule has 0 radical (unpaired) electrons. The lowest BCUT2D eigenvalue weighted by molar-refractivity contribution is 0.581. The standard InChI is InChI=1S/C6H14N6O2S/c1-3-5(4-7)15(13,14)10-6-8-11-12(2)9-6/h5H,3-4,7H2,1-2H3,(H,9,10). The van der Waals surface area contributed by atoms with Gasteiger partial charge in [-0.2, -0.15) is 4.80 Å². The van der Waals surface area contributed by atoms with Gasteiger partial charge in [-0.05, 0) is 11.6 Å². The molecule has 0 saturated heterocycles. The Balaban J connectivity index is 2.80. The Morgan fingerprint density at radius 3 is 2.67 bits per heavy atom. The van der Waals surface area contributed by atoms with Crippen molar-refractivity contribution in [2.45, 2.75) is 18.6 Å². The SMILES string of the molecule is CCC(CN)S(=O)(=O)Nc1nnn(C)n1. The second-order valence-corrected chi connectivity index (χ2v) is 4.98. The maximum absolute atomic E-state index is 11.7. The van der Waals surface area contributed by atoms with Crippen LogP contribution in [0.3, 0.4) is 0 Å². The number of nitrogens with two attached hydrogens (primary N) is 1. The van der Waals surface area contributed by atoms with E-state index in [1.54, 1.807) is 14.0 Å². The molecule has 86 valence electrons. The van der Waals surface area contributed by atoms with Crippen molar-refractivity contribution >= 4 is 16.0 Å². The fourth-order valence-electron chi connectivity index (χ4n) is 1.05. The van der Waals surface area contributed by atoms with Gasteiger partial charge in [0.1, 0.15) is 0 Å². The van der Waals surface area contributed by atoms with Gasteiger partial charge in [-0.25, -0.2) is 13.1 Å². The normalized spacial score (nSPS) is 13.8. The predicted octanol–water partition coefficient (Wildman–Crippen LogP) is -1.31. The van der Waals surface area contributed by atoms with Crippen molar-refractivity contribution in [3.05, 3.63) is 0 Å². The number of hydrogen-bond acceptors (Lipinski definition) is 6. The van der Waals surface area contributed by atoms with Crippen LogP contribution in [0.4, 0.5) is 5.95 Å². The van der Waals surface area contributed by atoms with Crippen LogP contribution in [0.5, 0.6) is 0 Å². The van der Waals surface area contributed by atoms with Crippen LogP contribution in [0.15, 0.2) is 0 Å². The smallest absolute Gasteiger partial charge is 0.276 e. The molecule has 1 unspecified atom stereocenters. The van der Waals surface area contributed by atoms with Gasteiger partial charge in [-0.15, -0.1) is 5.10 Å². The van der Waals surface area contributed by atoms with Crippen LogP contribution in [0.2, 0.25) is 0 Å². The first-order valence-corrected chi connectivity index (χ1v) is 6.00. The second-order valence-electron chi connectivity index (χ2n) is 3.02. The van der Waals surface area contributed by atoms with E-state index in [0.29, 0.717) is 6.42 Å². The average molecular weight is 234 g/mol. The van der Waals surface area contributed by atoms with Crippen LogP contribution in [0, 0.1) is 0 Å². The quantitative estimate of drug-likeness (QED) is 0.653. The lowest BCUT2D eigenvalue weighted by Gasteiger charge is -2.12. The van der Waals surface area contributed by atoms with Gasteiger partial charge < -0.3 is 5.73 Å². The molecule has 0 aliphatic heterocycles. The molecular formula is C6H14N6O2S. The van der Waals surface area contributed by atoms with E-state index in [9.17, 15) is 8.42 Å². The van der Waals surface area contributed by atoms with Crippen LogP contribution < -0.4 is 10.5 Å². The molecule has 0 bridgehead atoms. The highest BCUT2D eigenvalue weighted by atomic mass is 32.2. The van der Waals surface area contributed by atoms with Gasteiger partial charge in [0.05, 0.1) is 12.3 Å². The zero-order valence-corrected chi connectivity index (χ0v) is 9.40. The van der Waals surface area contributed by atoms with E-state index in [1.807, 2.05) is 0 Å². The summed E-state index contributed by atoms with van der Waals surface area (Å²) >= 11 is 0. The summed E-state index contributed by atoms with van der Waals surface area (Å²) in [5, 5.41) is 10.1. The summed E-state index contributed by atoms with van der Waals surface area (Å²) < 4.78 is 25.6. The van der Waals surface area contributed by atoms with Crippen LogP contribution in [0.25, 0.3) is 0 Å². The maximum atomic E-state index is 11.7. The van der Waals surface area contributed by atoms with Gasteiger partial charge in [-0.3, -0.25) is 0 Å². The summed E-state index contributed by atoms with van der Waals surface area (Å²) in [6.07, 6.45) is 0.437. The Bertz CT molecular complexity index is 409. The van der Waals surface area contributed by atoms with Gasteiger partial charge in [-0.1, -0.05) is 12.0 Å². The monoisotopic (exact) mass is 234 g/mol. The molecule has 1 aromatic rings. The van der Waals surface area contributed by atoms with E-state index in [-0.39, 0.29) is 12.5 Å². The number of rotatable bonds is 5. The molecule has 3 N–H and O–H groups in total. The highest BCUT2D eigenvalue weighted by Crippen LogP contribution is 2.07. The third-order valence-corrected chi connectivity index (χ3v) is 3.77. The van der Waals surface area contributed by atoms with Crippen LogP contribution in [-0.4, -0.2) is 40.4 Å². The molecule has 15 heavy (non-hydrogen) atoms. The molecule has 0 aliphatic carbocycles. The molecule has 1 aromatic heterocycles. The third kappa shape index (κ3) is 2.86. The first-order valence-electron chi connectivity index (χ1n) is 4.45. The van der Waals surface area contributed by atoms with Crippen molar-refractivity contribution < 1.29 is 8.42 Å². The molecule has 0 amide bonds. The largest absolute Gasteiger partial charge is 0.329 e. The van der Waals surface area contributed by atoms with Gasteiger partial charge in [0.15, 0.2) is 0 Å². The van der Waals surface area contributed by atoms with Gasteiger partial charge in [0.2, 0.25) is 10.0 Å². The molecule has 0 spiro atoms. The number of anilines is 1. The number of aromatic nitrogens is 4. The van der Waals surface area contributed by atoms with Crippen molar-refractivity contribution in [1.82, 2.24) is 20.2 Å². The van der Waals surface area contributed by atoms with Crippen molar-refractivity contribution in [2.24, 2.45) is 12.8 Å². The zero-order chi connectivity index (χ0) is 11.5. The molecule has 0 aliphatic rings. The van der Waals surface area contributed by atoms with E-state index in [1.165, 1.54) is 4.80 Å². The van der Waals surface area contributed by atoms with E-state index >= 15 is 0 Å². The summed E-state index contributed by atoms with van der Waals surface area (Å²) in [7, 11) is -1.97. The molecular weight excluding hydrogens is 220 g/mol. The van der Waals surface area contributed by atoms with Gasteiger partial charge >= 0.3 is 0 Å². The zero-order valence-electron chi connectivity index (χ0n) is 8.58. The number of nitrogens with one attached hydrogen (secondary N) is 1. The minimum atomic E-state index is -3.52. The molecule has 1 atom stereocenters. The van der Waals surface area contributed by atoms with E-state index in [0.717, 1.165) is 0 Å². The van der Waals surface area contributed by atoms with Crippen LogP contribution in [0.1, 0.15) is 13.3 Å². The fraction of sp³-hybridized carbons (Fsp3) is 0.833. The number of aryl methyl sites for hydroxylation is 1. The molecule has 0 saturated carbocycles. The molecule has 1 heterocycles. The first kappa shape index (κ1) is 11.9. The minimum absolute atomic E-state index is 0.0376. The number of nitrogens with zero attached hydrogens (tertiary/aromatic N) is 4. The number of tetrazole rings is 1. The first-order chi connectivity index (χ1) is 6.99. The molecule has 8 nitrogen and oxygen atoms in total. The van der Waals surface area contributed by atoms with Crippen LogP contribution >= 0.6 is 0 Å².